The quantitative estimate of drug-likeness (QED) is 0.815. The van der Waals surface area contributed by atoms with E-state index in [2.05, 4.69) is 32.9 Å². The molecular weight excluding hydrogens is 343 g/mol. The number of pyridine rings is 1. The minimum atomic E-state index is -0.239. The zero-order chi connectivity index (χ0) is 13.1. The number of aromatic amines is 1. The lowest BCUT2D eigenvalue weighted by molar-refractivity contribution is 0.102. The second-order valence-electron chi connectivity index (χ2n) is 3.85. The number of halogens is 1. The summed E-state index contributed by atoms with van der Waals surface area (Å²) in [5.41, 5.74) is 1.97. The van der Waals surface area contributed by atoms with Crippen LogP contribution in [0.5, 0.6) is 0 Å². The molecular formula is C13H11IN2O2. The smallest absolute Gasteiger partial charge is 0.257 e. The maximum absolute atomic E-state index is 12.0. The standard InChI is InChI=1S/C13H11IN2O2/c1-8-2-4-10(14)6-11(8)16-13(18)9-3-5-12(17)15-7-9/h2-7H,1H3,(H,15,17)(H,16,18). The van der Waals surface area contributed by atoms with Gasteiger partial charge in [0.05, 0.1) is 5.56 Å². The number of H-pyrrole nitrogens is 1. The first kappa shape index (κ1) is 12.8. The molecule has 2 aromatic rings. The summed E-state index contributed by atoms with van der Waals surface area (Å²) in [7, 11) is 0. The lowest BCUT2D eigenvalue weighted by Gasteiger charge is -2.08. The molecule has 0 radical (unpaired) electrons. The molecule has 0 aliphatic heterocycles. The van der Waals surface area contributed by atoms with E-state index >= 15 is 0 Å². The molecule has 2 rings (SSSR count). The first-order valence-corrected chi connectivity index (χ1v) is 6.40. The molecule has 1 heterocycles. The first-order valence-electron chi connectivity index (χ1n) is 5.32. The van der Waals surface area contributed by atoms with Crippen molar-refractivity contribution in [3.8, 4) is 0 Å². The van der Waals surface area contributed by atoms with Gasteiger partial charge in [0, 0.05) is 21.5 Å². The molecule has 92 valence electrons. The van der Waals surface area contributed by atoms with Gasteiger partial charge in [0.15, 0.2) is 0 Å². The Hall–Kier alpha value is -1.63. The summed E-state index contributed by atoms with van der Waals surface area (Å²) in [6, 6.07) is 8.66. The number of hydrogen-bond acceptors (Lipinski definition) is 2. The molecule has 5 heteroatoms. The van der Waals surface area contributed by atoms with Gasteiger partial charge in [-0.25, -0.2) is 0 Å². The molecule has 4 nitrogen and oxygen atoms in total. The molecule has 0 saturated carbocycles. The van der Waals surface area contributed by atoms with E-state index in [1.165, 1.54) is 18.3 Å². The summed E-state index contributed by atoms with van der Waals surface area (Å²) >= 11 is 2.19. The van der Waals surface area contributed by atoms with Crippen LogP contribution in [0.25, 0.3) is 0 Å². The molecule has 0 aliphatic carbocycles. The fraction of sp³-hybridized carbons (Fsp3) is 0.0769. The monoisotopic (exact) mass is 354 g/mol. The van der Waals surface area contributed by atoms with Gasteiger partial charge in [-0.3, -0.25) is 9.59 Å². The molecule has 0 atom stereocenters. The van der Waals surface area contributed by atoms with E-state index in [0.29, 0.717) is 5.56 Å². The Morgan fingerprint density at radius 3 is 2.72 bits per heavy atom. The van der Waals surface area contributed by atoms with E-state index in [1.807, 2.05) is 25.1 Å². The average molecular weight is 354 g/mol. The van der Waals surface area contributed by atoms with Crippen LogP contribution in [-0.4, -0.2) is 10.9 Å². The molecule has 0 unspecified atom stereocenters. The lowest BCUT2D eigenvalue weighted by atomic mass is 10.2. The van der Waals surface area contributed by atoms with E-state index < -0.39 is 0 Å². The Bertz CT molecular complexity index is 629. The SMILES string of the molecule is Cc1ccc(I)cc1NC(=O)c1ccc(=O)[nH]c1. The number of aryl methyl sites for hydroxylation is 1. The third-order valence-corrected chi connectivity index (χ3v) is 3.17. The molecule has 1 aromatic carbocycles. The second-order valence-corrected chi connectivity index (χ2v) is 5.10. The van der Waals surface area contributed by atoms with Crippen molar-refractivity contribution < 1.29 is 4.79 Å². The van der Waals surface area contributed by atoms with E-state index in [4.69, 9.17) is 0 Å². The van der Waals surface area contributed by atoms with Gasteiger partial charge in [0.2, 0.25) is 5.56 Å². The number of amides is 1. The number of carbonyl (C=O) groups excluding carboxylic acids is 1. The number of aromatic nitrogens is 1. The number of carbonyl (C=O) groups is 1. The highest BCUT2D eigenvalue weighted by Gasteiger charge is 2.07. The second kappa shape index (κ2) is 5.34. The van der Waals surface area contributed by atoms with Crippen LogP contribution in [0.1, 0.15) is 15.9 Å². The Balaban J connectivity index is 2.23. The summed E-state index contributed by atoms with van der Waals surface area (Å²) in [4.78, 5) is 25.3. The van der Waals surface area contributed by atoms with Crippen molar-refractivity contribution >= 4 is 34.2 Å². The maximum Gasteiger partial charge on any atom is 0.257 e. The summed E-state index contributed by atoms with van der Waals surface area (Å²) < 4.78 is 1.05. The molecule has 1 aromatic heterocycles. The number of hydrogen-bond donors (Lipinski definition) is 2. The van der Waals surface area contributed by atoms with E-state index in [1.54, 1.807) is 0 Å². The molecule has 0 aliphatic rings. The fourth-order valence-corrected chi connectivity index (χ4v) is 1.97. The summed E-state index contributed by atoms with van der Waals surface area (Å²) in [5, 5.41) is 2.82. The number of benzene rings is 1. The highest BCUT2D eigenvalue weighted by Crippen LogP contribution is 2.18. The van der Waals surface area contributed by atoms with Gasteiger partial charge in [-0.2, -0.15) is 0 Å². The van der Waals surface area contributed by atoms with Crippen molar-refractivity contribution in [1.82, 2.24) is 4.98 Å². The minimum absolute atomic E-state index is 0.225. The predicted octanol–water partition coefficient (Wildman–Crippen LogP) is 2.54. The minimum Gasteiger partial charge on any atom is -0.328 e. The Kier molecular flexibility index (Phi) is 3.81. The van der Waals surface area contributed by atoms with E-state index in [-0.39, 0.29) is 11.5 Å². The van der Waals surface area contributed by atoms with Crippen molar-refractivity contribution in [3.63, 3.8) is 0 Å². The predicted molar refractivity (Wildman–Crippen MR) is 78.9 cm³/mol. The summed E-state index contributed by atoms with van der Waals surface area (Å²) in [6.07, 6.45) is 1.40. The van der Waals surface area contributed by atoms with Crippen molar-refractivity contribution in [3.05, 3.63) is 61.6 Å². The van der Waals surface area contributed by atoms with Gasteiger partial charge < -0.3 is 10.3 Å². The van der Waals surface area contributed by atoms with Gasteiger partial charge in [0.25, 0.3) is 5.91 Å². The summed E-state index contributed by atoms with van der Waals surface area (Å²) in [6.45, 7) is 1.93. The van der Waals surface area contributed by atoms with E-state index in [0.717, 1.165) is 14.8 Å². The van der Waals surface area contributed by atoms with Crippen LogP contribution in [0.15, 0.2) is 41.3 Å². The fourth-order valence-electron chi connectivity index (χ4n) is 1.48. The van der Waals surface area contributed by atoms with E-state index in [9.17, 15) is 9.59 Å². The van der Waals surface area contributed by atoms with Gasteiger partial charge in [-0.1, -0.05) is 6.07 Å². The van der Waals surface area contributed by atoms with Crippen LogP contribution in [0.3, 0.4) is 0 Å². The van der Waals surface area contributed by atoms with Crippen molar-refractivity contribution in [2.75, 3.05) is 5.32 Å². The van der Waals surface area contributed by atoms with Crippen molar-refractivity contribution in [2.24, 2.45) is 0 Å². The lowest BCUT2D eigenvalue weighted by Crippen LogP contribution is -2.15. The van der Waals surface area contributed by atoms with Crippen LogP contribution in [0.4, 0.5) is 5.69 Å². The first-order chi connectivity index (χ1) is 8.56. The number of anilines is 1. The zero-order valence-electron chi connectivity index (χ0n) is 9.66. The molecule has 0 fully saturated rings. The molecule has 1 amide bonds. The van der Waals surface area contributed by atoms with Gasteiger partial charge in [-0.15, -0.1) is 0 Å². The maximum atomic E-state index is 12.0. The molecule has 2 N–H and O–H groups in total. The molecule has 18 heavy (non-hydrogen) atoms. The third-order valence-electron chi connectivity index (χ3n) is 2.49. The number of rotatable bonds is 2. The Morgan fingerprint density at radius 2 is 2.06 bits per heavy atom. The highest BCUT2D eigenvalue weighted by molar-refractivity contribution is 14.1. The normalized spacial score (nSPS) is 10.1. The van der Waals surface area contributed by atoms with Crippen LogP contribution < -0.4 is 10.9 Å². The van der Waals surface area contributed by atoms with Crippen molar-refractivity contribution in [1.29, 1.82) is 0 Å². The molecule has 0 bridgehead atoms. The van der Waals surface area contributed by atoms with Crippen LogP contribution in [0, 0.1) is 10.5 Å². The zero-order valence-corrected chi connectivity index (χ0v) is 11.8. The van der Waals surface area contributed by atoms with Crippen LogP contribution in [-0.2, 0) is 0 Å². The summed E-state index contributed by atoms with van der Waals surface area (Å²) in [5.74, 6) is -0.239. The molecule has 0 spiro atoms. The highest BCUT2D eigenvalue weighted by atomic mass is 127. The number of nitrogens with one attached hydrogen (secondary N) is 2. The van der Waals surface area contributed by atoms with Crippen molar-refractivity contribution in [2.45, 2.75) is 6.92 Å². The van der Waals surface area contributed by atoms with Gasteiger partial charge in [0.1, 0.15) is 0 Å². The van der Waals surface area contributed by atoms with Crippen LogP contribution >= 0.6 is 22.6 Å². The largest absolute Gasteiger partial charge is 0.328 e. The van der Waals surface area contributed by atoms with Gasteiger partial charge in [-0.05, 0) is 53.3 Å². The Labute approximate surface area is 118 Å². The molecule has 0 saturated heterocycles. The Morgan fingerprint density at radius 1 is 1.28 bits per heavy atom. The van der Waals surface area contributed by atoms with Crippen LogP contribution in [0.2, 0.25) is 0 Å². The third kappa shape index (κ3) is 2.98. The van der Waals surface area contributed by atoms with Gasteiger partial charge >= 0.3 is 0 Å². The topological polar surface area (TPSA) is 62.0 Å². The average Bonchev–Trinajstić information content (AvgIpc) is 2.34.